The van der Waals surface area contributed by atoms with Gasteiger partial charge in [-0.1, -0.05) is 42.5 Å². The van der Waals surface area contributed by atoms with Gasteiger partial charge in [0, 0.05) is 17.3 Å². The SMILES string of the molecule is CS(=O)(=O)CC[C@H](NC(=O)c1ccccc1Br)C(=O)NCc1ccccc1. The first-order valence-electron chi connectivity index (χ1n) is 8.31. The van der Waals surface area contributed by atoms with Gasteiger partial charge in [-0.15, -0.1) is 0 Å². The fraction of sp³-hybridized carbons (Fsp3) is 0.263. The first kappa shape index (κ1) is 21.1. The third-order valence-electron chi connectivity index (χ3n) is 3.83. The summed E-state index contributed by atoms with van der Waals surface area (Å²) in [4.78, 5) is 25.1. The van der Waals surface area contributed by atoms with Crippen LogP contribution < -0.4 is 10.6 Å². The molecule has 0 fully saturated rings. The lowest BCUT2D eigenvalue weighted by molar-refractivity contribution is -0.123. The maximum atomic E-state index is 12.6. The highest BCUT2D eigenvalue weighted by molar-refractivity contribution is 9.10. The van der Waals surface area contributed by atoms with Crippen molar-refractivity contribution in [3.8, 4) is 0 Å². The minimum absolute atomic E-state index is 0.00432. The molecule has 0 unspecified atom stereocenters. The van der Waals surface area contributed by atoms with Crippen molar-refractivity contribution < 1.29 is 18.0 Å². The summed E-state index contributed by atoms with van der Waals surface area (Å²) >= 11 is 3.30. The molecule has 0 aliphatic carbocycles. The summed E-state index contributed by atoms with van der Waals surface area (Å²) in [5.41, 5.74) is 1.28. The average molecular weight is 453 g/mol. The minimum Gasteiger partial charge on any atom is -0.350 e. The van der Waals surface area contributed by atoms with Crippen LogP contribution in [0.5, 0.6) is 0 Å². The molecule has 2 aromatic carbocycles. The molecule has 0 aromatic heterocycles. The lowest BCUT2D eigenvalue weighted by Gasteiger charge is -2.18. The molecule has 144 valence electrons. The lowest BCUT2D eigenvalue weighted by Crippen LogP contribution is -2.47. The summed E-state index contributed by atoms with van der Waals surface area (Å²) in [5, 5.41) is 5.38. The van der Waals surface area contributed by atoms with Crippen molar-refractivity contribution in [3.63, 3.8) is 0 Å². The van der Waals surface area contributed by atoms with Crippen LogP contribution in [0.15, 0.2) is 59.1 Å². The molecule has 0 radical (unpaired) electrons. The number of rotatable bonds is 8. The number of sulfone groups is 1. The number of amides is 2. The molecule has 2 aromatic rings. The Labute approximate surface area is 167 Å². The third-order valence-corrected chi connectivity index (χ3v) is 5.50. The van der Waals surface area contributed by atoms with Gasteiger partial charge in [-0.25, -0.2) is 8.42 Å². The highest BCUT2D eigenvalue weighted by Crippen LogP contribution is 2.16. The molecule has 0 heterocycles. The first-order chi connectivity index (χ1) is 12.8. The standard InChI is InChI=1S/C19H21BrN2O4S/c1-27(25,26)12-11-17(19(24)21-13-14-7-3-2-4-8-14)22-18(23)15-9-5-6-10-16(15)20/h2-10,17H,11-13H2,1H3,(H,21,24)(H,22,23)/t17-/m0/s1. The molecule has 0 saturated carbocycles. The third kappa shape index (κ3) is 7.15. The van der Waals surface area contributed by atoms with Crippen LogP contribution in [0.25, 0.3) is 0 Å². The zero-order chi connectivity index (χ0) is 19.9. The molecule has 0 saturated heterocycles. The van der Waals surface area contributed by atoms with Gasteiger partial charge in [0.2, 0.25) is 5.91 Å². The van der Waals surface area contributed by atoms with Gasteiger partial charge in [-0.05, 0) is 40.0 Å². The summed E-state index contributed by atoms with van der Waals surface area (Å²) in [6.45, 7) is 0.292. The Hall–Kier alpha value is -2.19. The van der Waals surface area contributed by atoms with Crippen LogP contribution >= 0.6 is 15.9 Å². The molecular formula is C19H21BrN2O4S. The zero-order valence-electron chi connectivity index (χ0n) is 14.8. The van der Waals surface area contributed by atoms with E-state index in [-0.39, 0.29) is 12.2 Å². The van der Waals surface area contributed by atoms with E-state index in [2.05, 4.69) is 26.6 Å². The van der Waals surface area contributed by atoms with Gasteiger partial charge in [0.25, 0.3) is 5.91 Å². The highest BCUT2D eigenvalue weighted by atomic mass is 79.9. The van der Waals surface area contributed by atoms with E-state index in [0.717, 1.165) is 11.8 Å². The fourth-order valence-electron chi connectivity index (χ4n) is 2.39. The quantitative estimate of drug-likeness (QED) is 0.642. The summed E-state index contributed by atoms with van der Waals surface area (Å²) in [7, 11) is -3.27. The average Bonchev–Trinajstić information content (AvgIpc) is 2.63. The fourth-order valence-corrected chi connectivity index (χ4v) is 3.52. The molecule has 0 aliphatic heterocycles. The van der Waals surface area contributed by atoms with E-state index in [1.165, 1.54) is 0 Å². The molecular weight excluding hydrogens is 432 g/mol. The van der Waals surface area contributed by atoms with Gasteiger partial charge in [0.1, 0.15) is 15.9 Å². The van der Waals surface area contributed by atoms with E-state index in [9.17, 15) is 18.0 Å². The normalized spacial score (nSPS) is 12.2. The van der Waals surface area contributed by atoms with Crippen molar-refractivity contribution in [2.45, 2.75) is 19.0 Å². The van der Waals surface area contributed by atoms with E-state index >= 15 is 0 Å². The molecule has 8 heteroatoms. The Morgan fingerprint density at radius 3 is 2.30 bits per heavy atom. The molecule has 0 aliphatic rings. The van der Waals surface area contributed by atoms with E-state index in [1.807, 2.05) is 30.3 Å². The predicted molar refractivity (Wildman–Crippen MR) is 108 cm³/mol. The molecule has 6 nitrogen and oxygen atoms in total. The Balaban J connectivity index is 2.08. The molecule has 0 bridgehead atoms. The van der Waals surface area contributed by atoms with Crippen LogP contribution in [-0.4, -0.2) is 38.3 Å². The Kier molecular flexibility index (Phi) is 7.55. The smallest absolute Gasteiger partial charge is 0.253 e. The number of carbonyl (C=O) groups is 2. The van der Waals surface area contributed by atoms with E-state index in [1.54, 1.807) is 24.3 Å². The zero-order valence-corrected chi connectivity index (χ0v) is 17.2. The number of benzene rings is 2. The summed E-state index contributed by atoms with van der Waals surface area (Å²) in [6, 6.07) is 15.2. The molecule has 2 amide bonds. The Morgan fingerprint density at radius 1 is 1.04 bits per heavy atom. The van der Waals surface area contributed by atoms with Gasteiger partial charge in [-0.3, -0.25) is 9.59 Å². The van der Waals surface area contributed by atoms with E-state index in [4.69, 9.17) is 0 Å². The van der Waals surface area contributed by atoms with Crippen molar-refractivity contribution in [1.82, 2.24) is 10.6 Å². The van der Waals surface area contributed by atoms with E-state index < -0.39 is 27.7 Å². The second kappa shape index (κ2) is 9.66. The molecule has 0 spiro atoms. The lowest BCUT2D eigenvalue weighted by atomic mass is 10.1. The monoisotopic (exact) mass is 452 g/mol. The number of halogens is 1. The highest BCUT2D eigenvalue weighted by Gasteiger charge is 2.23. The summed E-state index contributed by atoms with van der Waals surface area (Å²) in [5.74, 6) is -1.08. The van der Waals surface area contributed by atoms with Crippen LogP contribution in [-0.2, 0) is 21.2 Å². The second-order valence-electron chi connectivity index (χ2n) is 6.13. The molecule has 1 atom stereocenters. The molecule has 2 N–H and O–H groups in total. The second-order valence-corrected chi connectivity index (χ2v) is 9.24. The summed E-state index contributed by atoms with van der Waals surface area (Å²) in [6.07, 6.45) is 1.09. The summed E-state index contributed by atoms with van der Waals surface area (Å²) < 4.78 is 23.6. The van der Waals surface area contributed by atoms with Gasteiger partial charge in [-0.2, -0.15) is 0 Å². The number of carbonyl (C=O) groups excluding carboxylic acids is 2. The van der Waals surface area contributed by atoms with Crippen LogP contribution in [0.2, 0.25) is 0 Å². The maximum Gasteiger partial charge on any atom is 0.253 e. The maximum absolute atomic E-state index is 12.6. The first-order valence-corrected chi connectivity index (χ1v) is 11.2. The van der Waals surface area contributed by atoms with Crippen LogP contribution in [0.4, 0.5) is 0 Å². The van der Waals surface area contributed by atoms with Crippen molar-refractivity contribution in [1.29, 1.82) is 0 Å². The predicted octanol–water partition coefficient (Wildman–Crippen LogP) is 2.30. The number of nitrogens with one attached hydrogen (secondary N) is 2. The van der Waals surface area contributed by atoms with Gasteiger partial charge in [0.15, 0.2) is 0 Å². The van der Waals surface area contributed by atoms with Gasteiger partial charge in [0.05, 0.1) is 11.3 Å². The molecule has 2 rings (SSSR count). The van der Waals surface area contributed by atoms with Crippen molar-refractivity contribution in [2.75, 3.05) is 12.0 Å². The Bertz CT molecular complexity index is 901. The number of hydrogen-bond acceptors (Lipinski definition) is 4. The number of hydrogen-bond donors (Lipinski definition) is 2. The van der Waals surface area contributed by atoms with Crippen LogP contribution in [0.3, 0.4) is 0 Å². The topological polar surface area (TPSA) is 92.3 Å². The van der Waals surface area contributed by atoms with E-state index in [0.29, 0.717) is 16.6 Å². The molecule has 27 heavy (non-hydrogen) atoms. The van der Waals surface area contributed by atoms with Crippen LogP contribution in [0.1, 0.15) is 22.3 Å². The van der Waals surface area contributed by atoms with Crippen molar-refractivity contribution in [3.05, 3.63) is 70.2 Å². The largest absolute Gasteiger partial charge is 0.350 e. The van der Waals surface area contributed by atoms with Crippen LogP contribution in [0, 0.1) is 0 Å². The Morgan fingerprint density at radius 2 is 1.67 bits per heavy atom. The minimum atomic E-state index is -3.27. The van der Waals surface area contributed by atoms with Gasteiger partial charge < -0.3 is 10.6 Å². The van der Waals surface area contributed by atoms with Gasteiger partial charge >= 0.3 is 0 Å². The van der Waals surface area contributed by atoms with Crippen molar-refractivity contribution >= 4 is 37.6 Å². The van der Waals surface area contributed by atoms with Crippen molar-refractivity contribution in [2.24, 2.45) is 0 Å².